The molecule has 0 fully saturated rings. The Morgan fingerprint density at radius 3 is 1.87 bits per heavy atom. The van der Waals surface area contributed by atoms with E-state index in [0.717, 1.165) is 83.5 Å². The molecule has 0 saturated heterocycles. The molecule has 0 rings (SSSR count). The van der Waals surface area contributed by atoms with Gasteiger partial charge in [-0.2, -0.15) is 0 Å². The van der Waals surface area contributed by atoms with E-state index in [1.807, 2.05) is 27.2 Å². The van der Waals surface area contributed by atoms with Gasteiger partial charge in [-0.15, -0.1) is 0 Å². The number of nitrogens with zero attached hydrogens (tertiary/aromatic N) is 1. The highest BCUT2D eigenvalue weighted by atomic mass is 31.2. The summed E-state index contributed by atoms with van der Waals surface area (Å²) in [5, 5.41) is 13.6. The van der Waals surface area contributed by atoms with Crippen LogP contribution in [0.25, 0.3) is 0 Å². The molecule has 0 aliphatic carbocycles. The summed E-state index contributed by atoms with van der Waals surface area (Å²) in [6.07, 6.45) is 37.4. The number of amides is 1. The van der Waals surface area contributed by atoms with Crippen molar-refractivity contribution < 1.29 is 32.9 Å². The van der Waals surface area contributed by atoms with Gasteiger partial charge in [0.15, 0.2) is 0 Å². The predicted octanol–water partition coefficient (Wildman–Crippen LogP) is 9.12. The predicted molar refractivity (Wildman–Crippen MR) is 198 cm³/mol. The summed E-state index contributed by atoms with van der Waals surface area (Å²) < 4.78 is 23.3. The minimum Gasteiger partial charge on any atom is -0.387 e. The average Bonchev–Trinajstić information content (AvgIpc) is 3.01. The number of hydrogen-bond acceptors (Lipinski definition) is 5. The van der Waals surface area contributed by atoms with Crippen molar-refractivity contribution in [1.82, 2.24) is 5.32 Å². The van der Waals surface area contributed by atoms with Crippen molar-refractivity contribution in [3.05, 3.63) is 60.8 Å². The van der Waals surface area contributed by atoms with Gasteiger partial charge in [0.2, 0.25) is 5.91 Å². The van der Waals surface area contributed by atoms with Gasteiger partial charge >= 0.3 is 7.82 Å². The maximum atomic E-state index is 12.7. The first-order chi connectivity index (χ1) is 22.5. The SMILES string of the molecule is CC/C=C\C/C=C\C/C=C\C/C=C\CCCCCCCCC(=O)NC(COP(=O)(O)OCC[N+](C)(C)C)C(O)/C=C/CCCCCC. The number of rotatable bonds is 31. The van der Waals surface area contributed by atoms with Gasteiger partial charge in [-0.05, 0) is 57.8 Å². The molecule has 3 atom stereocenters. The zero-order chi connectivity index (χ0) is 35.1. The number of carbonyl (C=O) groups excluding carboxylic acids is 1. The molecule has 3 unspecified atom stereocenters. The fourth-order valence-corrected chi connectivity index (χ4v) is 5.29. The smallest absolute Gasteiger partial charge is 0.387 e. The summed E-state index contributed by atoms with van der Waals surface area (Å²) in [5.74, 6) is -0.202. The number of nitrogens with one attached hydrogen (secondary N) is 1. The third-order valence-electron chi connectivity index (χ3n) is 7.49. The molecule has 1 amide bonds. The molecule has 0 aliphatic heterocycles. The number of quaternary nitrogens is 1. The largest absolute Gasteiger partial charge is 0.472 e. The molecule has 272 valence electrons. The van der Waals surface area contributed by atoms with Crippen molar-refractivity contribution in [2.75, 3.05) is 40.9 Å². The third kappa shape index (κ3) is 32.5. The van der Waals surface area contributed by atoms with E-state index in [1.165, 1.54) is 19.3 Å². The van der Waals surface area contributed by atoms with Crippen molar-refractivity contribution >= 4 is 13.7 Å². The Balaban J connectivity index is 4.37. The summed E-state index contributed by atoms with van der Waals surface area (Å²) in [6, 6.07) is -0.852. The van der Waals surface area contributed by atoms with Gasteiger partial charge in [0.25, 0.3) is 0 Å². The Morgan fingerprint density at radius 1 is 0.745 bits per heavy atom. The second-order valence-electron chi connectivity index (χ2n) is 13.2. The maximum Gasteiger partial charge on any atom is 0.472 e. The fourth-order valence-electron chi connectivity index (χ4n) is 4.56. The highest BCUT2D eigenvalue weighted by Gasteiger charge is 2.27. The van der Waals surface area contributed by atoms with Crippen LogP contribution in [-0.2, 0) is 18.4 Å². The summed E-state index contributed by atoms with van der Waals surface area (Å²) in [7, 11) is 1.54. The minimum atomic E-state index is -4.32. The molecule has 0 radical (unpaired) electrons. The van der Waals surface area contributed by atoms with Crippen molar-refractivity contribution in [2.24, 2.45) is 0 Å². The van der Waals surface area contributed by atoms with Crippen molar-refractivity contribution in [1.29, 1.82) is 0 Å². The number of aliphatic hydroxyl groups excluding tert-OH is 1. The molecule has 0 saturated carbocycles. The van der Waals surface area contributed by atoms with Crippen LogP contribution < -0.4 is 5.32 Å². The van der Waals surface area contributed by atoms with Gasteiger partial charge in [-0.1, -0.05) is 120 Å². The lowest BCUT2D eigenvalue weighted by molar-refractivity contribution is -0.870. The summed E-state index contributed by atoms with van der Waals surface area (Å²) in [4.78, 5) is 22.8. The second-order valence-corrected chi connectivity index (χ2v) is 14.7. The number of phosphoric acid groups is 1. The topological polar surface area (TPSA) is 105 Å². The minimum absolute atomic E-state index is 0.0545. The van der Waals surface area contributed by atoms with Crippen LogP contribution in [0.1, 0.15) is 123 Å². The summed E-state index contributed by atoms with van der Waals surface area (Å²) >= 11 is 0. The van der Waals surface area contributed by atoms with Crippen LogP contribution in [0.3, 0.4) is 0 Å². The highest BCUT2D eigenvalue weighted by molar-refractivity contribution is 7.47. The van der Waals surface area contributed by atoms with Crippen LogP contribution in [0.4, 0.5) is 0 Å². The van der Waals surface area contributed by atoms with Gasteiger partial charge in [-0.3, -0.25) is 13.8 Å². The molecular weight excluding hydrogens is 611 g/mol. The van der Waals surface area contributed by atoms with E-state index in [9.17, 15) is 19.4 Å². The fraction of sp³-hybridized carbons (Fsp3) is 0.711. The average molecular weight is 682 g/mol. The van der Waals surface area contributed by atoms with Gasteiger partial charge in [0.1, 0.15) is 13.2 Å². The second kappa shape index (κ2) is 30.3. The molecular formula is C38H70N2O6P+. The molecule has 0 aromatic rings. The molecule has 0 aromatic carbocycles. The van der Waals surface area contributed by atoms with Crippen LogP contribution in [0.2, 0.25) is 0 Å². The normalized spacial score (nSPS) is 15.5. The molecule has 0 bridgehead atoms. The first kappa shape index (κ1) is 45.2. The number of aliphatic hydroxyl groups is 1. The molecule has 8 nitrogen and oxygen atoms in total. The van der Waals surface area contributed by atoms with E-state index in [-0.39, 0.29) is 19.1 Å². The van der Waals surface area contributed by atoms with Crippen molar-refractivity contribution in [3.63, 3.8) is 0 Å². The van der Waals surface area contributed by atoms with Crippen LogP contribution in [0.15, 0.2) is 60.8 Å². The molecule has 47 heavy (non-hydrogen) atoms. The quantitative estimate of drug-likeness (QED) is 0.0292. The molecule has 0 spiro atoms. The number of allylic oxidation sites excluding steroid dienone is 9. The van der Waals surface area contributed by atoms with E-state index < -0.39 is 20.0 Å². The van der Waals surface area contributed by atoms with Crippen molar-refractivity contribution in [3.8, 4) is 0 Å². The maximum absolute atomic E-state index is 12.7. The Bertz CT molecular complexity index is 954. The number of carbonyl (C=O) groups is 1. The first-order valence-corrected chi connectivity index (χ1v) is 19.7. The number of likely N-dealkylation sites (N-methyl/N-ethyl adjacent to an activating group) is 1. The van der Waals surface area contributed by atoms with E-state index in [1.54, 1.807) is 6.08 Å². The van der Waals surface area contributed by atoms with E-state index >= 15 is 0 Å². The lowest BCUT2D eigenvalue weighted by atomic mass is 10.1. The number of hydrogen-bond donors (Lipinski definition) is 3. The van der Waals surface area contributed by atoms with E-state index in [2.05, 4.69) is 67.8 Å². The van der Waals surface area contributed by atoms with Gasteiger partial charge in [0, 0.05) is 6.42 Å². The Hall–Kier alpha value is -1.80. The van der Waals surface area contributed by atoms with Gasteiger partial charge in [0.05, 0.1) is 39.9 Å². The van der Waals surface area contributed by atoms with Crippen LogP contribution in [-0.4, -0.2) is 73.4 Å². The highest BCUT2D eigenvalue weighted by Crippen LogP contribution is 2.43. The van der Waals surface area contributed by atoms with Crippen LogP contribution in [0.5, 0.6) is 0 Å². The Morgan fingerprint density at radius 2 is 1.28 bits per heavy atom. The molecule has 0 aromatic heterocycles. The Labute approximate surface area is 288 Å². The molecule has 0 heterocycles. The molecule has 3 N–H and O–H groups in total. The Kier molecular flexibility index (Phi) is 29.1. The van der Waals surface area contributed by atoms with Crippen molar-refractivity contribution in [2.45, 2.75) is 135 Å². The summed E-state index contributed by atoms with van der Waals surface area (Å²) in [5.41, 5.74) is 0. The number of phosphoric ester groups is 1. The van der Waals surface area contributed by atoms with Crippen LogP contribution in [0, 0.1) is 0 Å². The lowest BCUT2D eigenvalue weighted by Crippen LogP contribution is -2.45. The third-order valence-corrected chi connectivity index (χ3v) is 8.48. The summed E-state index contributed by atoms with van der Waals surface area (Å²) in [6.45, 7) is 4.57. The van der Waals surface area contributed by atoms with Gasteiger partial charge in [-0.25, -0.2) is 4.57 Å². The standard InChI is InChI=1S/C38H69N2O6P/c1-6-8-10-12-14-15-16-17-18-19-20-21-22-23-24-25-26-28-30-32-38(42)39-36(37(41)31-29-27-13-11-9-7-2)35-46-47(43,44)45-34-33-40(3,4)5/h8,10,14-15,17-18,20-21,29,31,36-37,41H,6-7,9,11-13,16,19,22-28,30,32-35H2,1-5H3,(H-,39,42,43,44)/p+1/b10-8-,15-14-,18-17-,21-20-,31-29+. The first-order valence-electron chi connectivity index (χ1n) is 18.2. The molecule has 0 aliphatic rings. The van der Waals surface area contributed by atoms with Crippen LogP contribution >= 0.6 is 7.82 Å². The zero-order valence-electron chi connectivity index (χ0n) is 30.5. The number of unbranched alkanes of at least 4 members (excludes halogenated alkanes) is 10. The monoisotopic (exact) mass is 681 g/mol. The van der Waals surface area contributed by atoms with E-state index in [0.29, 0.717) is 17.4 Å². The zero-order valence-corrected chi connectivity index (χ0v) is 31.4. The van der Waals surface area contributed by atoms with Gasteiger partial charge < -0.3 is 19.8 Å². The van der Waals surface area contributed by atoms with E-state index in [4.69, 9.17) is 9.05 Å². The molecule has 9 heteroatoms. The lowest BCUT2D eigenvalue weighted by Gasteiger charge is -2.25.